The van der Waals surface area contributed by atoms with Gasteiger partial charge in [0.15, 0.2) is 5.96 Å². The highest BCUT2D eigenvalue weighted by Crippen LogP contribution is 2.14. The molecule has 0 amide bonds. The van der Waals surface area contributed by atoms with Gasteiger partial charge in [0.1, 0.15) is 0 Å². The second kappa shape index (κ2) is 14.9. The summed E-state index contributed by atoms with van der Waals surface area (Å²) < 4.78 is 11.0. The van der Waals surface area contributed by atoms with E-state index in [4.69, 9.17) is 14.5 Å². The molecule has 6 nitrogen and oxygen atoms in total. The van der Waals surface area contributed by atoms with Crippen LogP contribution >= 0.6 is 24.0 Å². The summed E-state index contributed by atoms with van der Waals surface area (Å²) in [5.74, 6) is 1.08. The normalized spacial score (nSPS) is 19.6. The van der Waals surface area contributed by atoms with Gasteiger partial charge < -0.3 is 24.6 Å². The van der Waals surface area contributed by atoms with E-state index in [9.17, 15) is 0 Å². The van der Waals surface area contributed by atoms with Crippen molar-refractivity contribution in [2.45, 2.75) is 51.6 Å². The number of hydrogen-bond acceptors (Lipinski definition) is 4. The molecular formula is C19H39IN4O2. The van der Waals surface area contributed by atoms with E-state index in [2.05, 4.69) is 22.0 Å². The predicted molar refractivity (Wildman–Crippen MR) is 119 cm³/mol. The Balaban J connectivity index is 0.00000338. The van der Waals surface area contributed by atoms with Gasteiger partial charge in [0.25, 0.3) is 0 Å². The predicted octanol–water partition coefficient (Wildman–Crippen LogP) is 2.57. The Hall–Kier alpha value is -0.120. The molecular weight excluding hydrogens is 443 g/mol. The molecule has 26 heavy (non-hydrogen) atoms. The highest BCUT2D eigenvalue weighted by molar-refractivity contribution is 14.0. The molecule has 0 aromatic heterocycles. The van der Waals surface area contributed by atoms with Crippen molar-refractivity contribution in [3.05, 3.63) is 0 Å². The van der Waals surface area contributed by atoms with Crippen molar-refractivity contribution in [2.75, 3.05) is 66.1 Å². The maximum Gasteiger partial charge on any atom is 0.193 e. The minimum Gasteiger partial charge on any atom is -0.385 e. The smallest absolute Gasteiger partial charge is 0.193 e. The lowest BCUT2D eigenvalue weighted by molar-refractivity contribution is 0.00990. The standard InChI is InChI=1S/C19H38N4O2.HI/c1-3-20-19(21-10-6-13-22-11-4-5-12-22)23-14-8-18(9-15-23)25-17-7-16-24-2;/h18H,3-17H2,1-2H3,(H,20,21);1H. The first-order valence-electron chi connectivity index (χ1n) is 10.2. The fraction of sp³-hybridized carbons (Fsp3) is 0.947. The molecule has 2 saturated heterocycles. The Bertz CT molecular complexity index is 371. The Morgan fingerprint density at radius 2 is 1.81 bits per heavy atom. The van der Waals surface area contributed by atoms with Crippen LogP contribution < -0.4 is 5.32 Å². The lowest BCUT2D eigenvalue weighted by atomic mass is 10.1. The lowest BCUT2D eigenvalue weighted by Gasteiger charge is -2.34. The Morgan fingerprint density at radius 1 is 1.08 bits per heavy atom. The van der Waals surface area contributed by atoms with Gasteiger partial charge in [0, 0.05) is 46.5 Å². The minimum absolute atomic E-state index is 0. The number of piperidine rings is 1. The molecule has 0 aliphatic carbocycles. The molecule has 0 radical (unpaired) electrons. The first-order valence-corrected chi connectivity index (χ1v) is 10.2. The molecule has 0 bridgehead atoms. The molecule has 1 N–H and O–H groups in total. The number of methoxy groups -OCH3 is 1. The molecule has 2 fully saturated rings. The van der Waals surface area contributed by atoms with Crippen molar-refractivity contribution in [1.82, 2.24) is 15.1 Å². The molecule has 2 rings (SSSR count). The monoisotopic (exact) mass is 482 g/mol. The highest BCUT2D eigenvalue weighted by atomic mass is 127. The fourth-order valence-corrected chi connectivity index (χ4v) is 3.60. The van der Waals surface area contributed by atoms with Crippen LogP contribution in [-0.4, -0.2) is 88.0 Å². The molecule has 2 aliphatic heterocycles. The van der Waals surface area contributed by atoms with Gasteiger partial charge in [-0.25, -0.2) is 0 Å². The number of aliphatic imine (C=N–C) groups is 1. The van der Waals surface area contributed by atoms with E-state index >= 15 is 0 Å². The van der Waals surface area contributed by atoms with E-state index in [0.717, 1.165) is 71.0 Å². The van der Waals surface area contributed by atoms with E-state index < -0.39 is 0 Å². The number of nitrogens with one attached hydrogen (secondary N) is 1. The fourth-order valence-electron chi connectivity index (χ4n) is 3.60. The van der Waals surface area contributed by atoms with Crippen LogP contribution in [0.15, 0.2) is 4.99 Å². The second-order valence-electron chi connectivity index (χ2n) is 7.04. The summed E-state index contributed by atoms with van der Waals surface area (Å²) in [5.41, 5.74) is 0. The van der Waals surface area contributed by atoms with Gasteiger partial charge >= 0.3 is 0 Å². The van der Waals surface area contributed by atoms with Crippen molar-refractivity contribution < 1.29 is 9.47 Å². The summed E-state index contributed by atoms with van der Waals surface area (Å²) in [6.45, 7) is 11.4. The van der Waals surface area contributed by atoms with Crippen LogP contribution in [0.1, 0.15) is 45.4 Å². The molecule has 154 valence electrons. The molecule has 0 aromatic carbocycles. The number of nitrogens with zero attached hydrogens (tertiary/aromatic N) is 3. The maximum absolute atomic E-state index is 5.96. The Labute approximate surface area is 177 Å². The summed E-state index contributed by atoms with van der Waals surface area (Å²) in [6.07, 6.45) is 7.46. The van der Waals surface area contributed by atoms with E-state index in [0.29, 0.717) is 6.10 Å². The lowest BCUT2D eigenvalue weighted by Crippen LogP contribution is -2.47. The third kappa shape index (κ3) is 9.19. The van der Waals surface area contributed by atoms with Gasteiger partial charge in [0.2, 0.25) is 0 Å². The number of guanidine groups is 1. The van der Waals surface area contributed by atoms with Crippen molar-refractivity contribution in [3.8, 4) is 0 Å². The number of hydrogen-bond donors (Lipinski definition) is 1. The van der Waals surface area contributed by atoms with E-state index in [1.54, 1.807) is 7.11 Å². The van der Waals surface area contributed by atoms with Gasteiger partial charge in [-0.05, 0) is 65.1 Å². The van der Waals surface area contributed by atoms with Gasteiger partial charge in [-0.3, -0.25) is 4.99 Å². The zero-order valence-corrected chi connectivity index (χ0v) is 19.1. The Morgan fingerprint density at radius 3 is 2.46 bits per heavy atom. The first kappa shape index (κ1) is 23.9. The van der Waals surface area contributed by atoms with Crippen molar-refractivity contribution in [1.29, 1.82) is 0 Å². The molecule has 0 aromatic rings. The highest BCUT2D eigenvalue weighted by Gasteiger charge is 2.21. The molecule has 0 atom stereocenters. The van der Waals surface area contributed by atoms with Crippen molar-refractivity contribution in [3.63, 3.8) is 0 Å². The average Bonchev–Trinajstić information content (AvgIpc) is 3.15. The van der Waals surface area contributed by atoms with Crippen LogP contribution in [0.4, 0.5) is 0 Å². The minimum atomic E-state index is 0. The topological polar surface area (TPSA) is 49.3 Å². The quantitative estimate of drug-likeness (QED) is 0.225. The zero-order chi connectivity index (χ0) is 17.7. The van der Waals surface area contributed by atoms with Gasteiger partial charge in [-0.2, -0.15) is 0 Å². The molecule has 0 unspecified atom stereocenters. The SMILES string of the molecule is CCNC(=NCCCN1CCCC1)N1CCC(OCCCOC)CC1.I. The molecule has 2 heterocycles. The number of ether oxygens (including phenoxy) is 2. The third-order valence-corrected chi connectivity index (χ3v) is 5.02. The summed E-state index contributed by atoms with van der Waals surface area (Å²) in [5, 5.41) is 3.46. The van der Waals surface area contributed by atoms with Crippen LogP contribution in [0, 0.1) is 0 Å². The number of likely N-dealkylation sites (tertiary alicyclic amines) is 2. The summed E-state index contributed by atoms with van der Waals surface area (Å²) in [6, 6.07) is 0. The van der Waals surface area contributed by atoms with Crippen molar-refractivity contribution >= 4 is 29.9 Å². The van der Waals surface area contributed by atoms with Crippen LogP contribution in [0.25, 0.3) is 0 Å². The zero-order valence-electron chi connectivity index (χ0n) is 16.8. The van der Waals surface area contributed by atoms with Gasteiger partial charge in [0.05, 0.1) is 6.10 Å². The summed E-state index contributed by atoms with van der Waals surface area (Å²) in [7, 11) is 1.74. The second-order valence-corrected chi connectivity index (χ2v) is 7.04. The van der Waals surface area contributed by atoms with E-state index in [-0.39, 0.29) is 24.0 Å². The van der Waals surface area contributed by atoms with E-state index in [1.165, 1.54) is 32.5 Å². The third-order valence-electron chi connectivity index (χ3n) is 5.02. The first-order chi connectivity index (χ1) is 12.3. The van der Waals surface area contributed by atoms with Crippen LogP contribution in [0.2, 0.25) is 0 Å². The van der Waals surface area contributed by atoms with Gasteiger partial charge in [-0.15, -0.1) is 24.0 Å². The summed E-state index contributed by atoms with van der Waals surface area (Å²) >= 11 is 0. The van der Waals surface area contributed by atoms with E-state index in [1.807, 2.05) is 0 Å². The maximum atomic E-state index is 5.96. The molecule has 0 spiro atoms. The molecule has 7 heteroatoms. The van der Waals surface area contributed by atoms with Crippen molar-refractivity contribution in [2.24, 2.45) is 4.99 Å². The van der Waals surface area contributed by atoms with Gasteiger partial charge in [-0.1, -0.05) is 0 Å². The molecule has 0 saturated carbocycles. The Kier molecular flexibility index (Phi) is 13.7. The van der Waals surface area contributed by atoms with Crippen LogP contribution in [0.3, 0.4) is 0 Å². The largest absolute Gasteiger partial charge is 0.385 e. The van der Waals surface area contributed by atoms with Crippen LogP contribution in [-0.2, 0) is 9.47 Å². The summed E-state index contributed by atoms with van der Waals surface area (Å²) in [4.78, 5) is 9.82. The number of halogens is 1. The number of rotatable bonds is 10. The van der Waals surface area contributed by atoms with Crippen LogP contribution in [0.5, 0.6) is 0 Å². The average molecular weight is 482 g/mol. The molecule has 2 aliphatic rings.